The van der Waals surface area contributed by atoms with Crippen molar-refractivity contribution in [2.45, 2.75) is 17.6 Å². The quantitative estimate of drug-likeness (QED) is 0.623. The molecule has 0 aliphatic carbocycles. The van der Waals surface area contributed by atoms with E-state index in [-0.39, 0.29) is 11.4 Å². The van der Waals surface area contributed by atoms with Crippen LogP contribution in [-0.2, 0) is 22.6 Å². The topological polar surface area (TPSA) is 95.1 Å². The number of hydrogen-bond donors (Lipinski definition) is 0. The van der Waals surface area contributed by atoms with Gasteiger partial charge in [-0.25, -0.2) is 8.42 Å². The third-order valence-electron chi connectivity index (χ3n) is 2.90. The summed E-state index contributed by atoms with van der Waals surface area (Å²) < 4.78 is 61.5. The van der Waals surface area contributed by atoms with Crippen LogP contribution < -0.4 is 0 Å². The number of alkyl halides is 3. The fraction of sp³-hybridized carbons (Fsp3) is 0.250. The fourth-order valence-corrected chi connectivity index (χ4v) is 2.49. The minimum absolute atomic E-state index is 0.0590. The van der Waals surface area contributed by atoms with Gasteiger partial charge in [-0.15, -0.1) is 0 Å². The minimum Gasteiger partial charge on any atom is -0.261 e. The van der Waals surface area contributed by atoms with Gasteiger partial charge in [0.25, 0.3) is 0 Å². The molecule has 0 spiro atoms. The average Bonchev–Trinajstić information content (AvgIpc) is 2.82. The van der Waals surface area contributed by atoms with Gasteiger partial charge in [0.15, 0.2) is 9.84 Å². The summed E-state index contributed by atoms with van der Waals surface area (Å²) in [4.78, 5) is 9.58. The van der Waals surface area contributed by atoms with Crippen molar-refractivity contribution in [2.75, 3.05) is 6.26 Å². The normalized spacial score (nSPS) is 12.3. The molecule has 0 aliphatic heterocycles. The first kappa shape index (κ1) is 16.9. The molecule has 0 unspecified atom stereocenters. The van der Waals surface area contributed by atoms with Gasteiger partial charge < -0.3 is 0 Å². The fourth-order valence-electron chi connectivity index (χ4n) is 1.86. The maximum Gasteiger partial charge on any atom is 0.442 e. The molecule has 0 atom stereocenters. The molecule has 1 aromatic carbocycles. The molecule has 0 amide bonds. The third kappa shape index (κ3) is 3.86. The summed E-state index contributed by atoms with van der Waals surface area (Å²) in [5.41, 5.74) is -2.26. The van der Waals surface area contributed by atoms with Crippen LogP contribution in [0.2, 0.25) is 0 Å². The molecule has 0 bridgehead atoms. The Morgan fingerprint density at radius 3 is 2.22 bits per heavy atom. The van der Waals surface area contributed by atoms with Crippen molar-refractivity contribution >= 4 is 15.5 Å². The standard InChI is InChI=1S/C12H10F3N3O4S/c1-23(21,22)9-4-2-8(3-5-9)6-17-7-10(18(19)20)11(16-17)12(13,14)15/h2-5,7H,6H2,1H3. The van der Waals surface area contributed by atoms with Crippen molar-refractivity contribution in [1.82, 2.24) is 9.78 Å². The lowest BCUT2D eigenvalue weighted by Crippen LogP contribution is -2.10. The van der Waals surface area contributed by atoms with Crippen molar-refractivity contribution in [2.24, 2.45) is 0 Å². The zero-order valence-electron chi connectivity index (χ0n) is 11.6. The van der Waals surface area contributed by atoms with E-state index in [1.165, 1.54) is 24.3 Å². The predicted molar refractivity (Wildman–Crippen MR) is 72.5 cm³/mol. The maximum absolute atomic E-state index is 12.7. The van der Waals surface area contributed by atoms with Gasteiger partial charge >= 0.3 is 11.9 Å². The van der Waals surface area contributed by atoms with Gasteiger partial charge in [-0.05, 0) is 17.7 Å². The first-order valence-corrected chi connectivity index (χ1v) is 7.95. The lowest BCUT2D eigenvalue weighted by atomic mass is 10.2. The summed E-state index contributed by atoms with van der Waals surface area (Å²) in [6.07, 6.45) is -3.23. The number of rotatable bonds is 4. The van der Waals surface area contributed by atoms with Gasteiger partial charge in [-0.1, -0.05) is 12.1 Å². The molecule has 0 saturated carbocycles. The van der Waals surface area contributed by atoms with E-state index in [2.05, 4.69) is 5.10 Å². The number of sulfone groups is 1. The highest BCUT2D eigenvalue weighted by atomic mass is 32.2. The molecular formula is C12H10F3N3O4S. The summed E-state index contributed by atoms with van der Waals surface area (Å²) in [5.74, 6) is 0. The Morgan fingerprint density at radius 2 is 1.83 bits per heavy atom. The van der Waals surface area contributed by atoms with Crippen LogP contribution in [0.3, 0.4) is 0 Å². The van der Waals surface area contributed by atoms with E-state index in [1.54, 1.807) is 0 Å². The molecule has 11 heteroatoms. The Morgan fingerprint density at radius 1 is 1.26 bits per heavy atom. The lowest BCUT2D eigenvalue weighted by Gasteiger charge is -2.04. The van der Waals surface area contributed by atoms with Crippen LogP contribution in [0.25, 0.3) is 0 Å². The molecule has 124 valence electrons. The minimum atomic E-state index is -4.94. The summed E-state index contributed by atoms with van der Waals surface area (Å²) in [6, 6.07) is 5.40. The van der Waals surface area contributed by atoms with Gasteiger partial charge in [0, 0.05) is 6.26 Å². The molecule has 7 nitrogen and oxygen atoms in total. The Balaban J connectivity index is 2.32. The second-order valence-corrected chi connectivity index (χ2v) is 6.75. The molecule has 2 rings (SSSR count). The van der Waals surface area contributed by atoms with Crippen molar-refractivity contribution in [3.63, 3.8) is 0 Å². The van der Waals surface area contributed by atoms with Crippen LogP contribution in [0.1, 0.15) is 11.3 Å². The summed E-state index contributed by atoms with van der Waals surface area (Å²) in [6.45, 7) is -0.166. The van der Waals surface area contributed by atoms with Gasteiger partial charge in [0.05, 0.1) is 16.4 Å². The smallest absolute Gasteiger partial charge is 0.261 e. The van der Waals surface area contributed by atoms with Crippen LogP contribution in [0.5, 0.6) is 0 Å². The Bertz CT molecular complexity index is 841. The van der Waals surface area contributed by atoms with E-state index in [0.29, 0.717) is 11.8 Å². The largest absolute Gasteiger partial charge is 0.442 e. The van der Waals surface area contributed by atoms with E-state index in [9.17, 15) is 31.7 Å². The molecule has 0 saturated heterocycles. The number of nitrogens with zero attached hydrogens (tertiary/aromatic N) is 3. The van der Waals surface area contributed by atoms with Crippen LogP contribution in [0, 0.1) is 10.1 Å². The zero-order chi connectivity index (χ0) is 17.4. The van der Waals surface area contributed by atoms with Crippen LogP contribution in [0.15, 0.2) is 35.4 Å². The summed E-state index contributed by atoms with van der Waals surface area (Å²) in [5, 5.41) is 13.9. The summed E-state index contributed by atoms with van der Waals surface area (Å²) >= 11 is 0. The molecule has 23 heavy (non-hydrogen) atoms. The van der Waals surface area contributed by atoms with Gasteiger partial charge in [0.1, 0.15) is 6.20 Å². The highest BCUT2D eigenvalue weighted by molar-refractivity contribution is 7.90. The van der Waals surface area contributed by atoms with Gasteiger partial charge in [-0.3, -0.25) is 14.8 Å². The Labute approximate surface area is 128 Å². The monoisotopic (exact) mass is 349 g/mol. The number of halogens is 3. The summed E-state index contributed by atoms with van der Waals surface area (Å²) in [7, 11) is -3.39. The maximum atomic E-state index is 12.7. The van der Waals surface area contributed by atoms with Crippen molar-refractivity contribution in [3.05, 3.63) is 51.8 Å². The van der Waals surface area contributed by atoms with Crippen LogP contribution >= 0.6 is 0 Å². The number of aromatic nitrogens is 2. The highest BCUT2D eigenvalue weighted by Crippen LogP contribution is 2.34. The lowest BCUT2D eigenvalue weighted by molar-refractivity contribution is -0.388. The number of nitro groups is 1. The van der Waals surface area contributed by atoms with Crippen molar-refractivity contribution in [1.29, 1.82) is 0 Å². The molecule has 1 aromatic heterocycles. The van der Waals surface area contributed by atoms with E-state index >= 15 is 0 Å². The molecule has 0 radical (unpaired) electrons. The van der Waals surface area contributed by atoms with Crippen molar-refractivity contribution in [3.8, 4) is 0 Å². The predicted octanol–water partition coefficient (Wildman–Crippen LogP) is 2.26. The SMILES string of the molecule is CS(=O)(=O)c1ccc(Cn2cc([N+](=O)[O-])c(C(F)(F)F)n2)cc1. The third-order valence-corrected chi connectivity index (χ3v) is 4.03. The molecule has 0 N–H and O–H groups in total. The van der Waals surface area contributed by atoms with Gasteiger partial charge in [0.2, 0.25) is 5.69 Å². The molecule has 2 aromatic rings. The van der Waals surface area contributed by atoms with E-state index in [0.717, 1.165) is 10.9 Å². The van der Waals surface area contributed by atoms with Gasteiger partial charge in [-0.2, -0.15) is 18.3 Å². The zero-order valence-corrected chi connectivity index (χ0v) is 12.4. The van der Waals surface area contributed by atoms with E-state index in [1.807, 2.05) is 0 Å². The molecule has 1 heterocycles. The molecule has 0 fully saturated rings. The highest BCUT2D eigenvalue weighted by Gasteiger charge is 2.42. The Kier molecular flexibility index (Phi) is 4.16. The van der Waals surface area contributed by atoms with Crippen molar-refractivity contribution < 1.29 is 26.5 Å². The van der Waals surface area contributed by atoms with E-state index < -0.39 is 32.3 Å². The Hall–Kier alpha value is -2.43. The second kappa shape index (κ2) is 5.65. The number of benzene rings is 1. The van der Waals surface area contributed by atoms with Crippen LogP contribution in [-0.4, -0.2) is 29.4 Å². The first-order chi connectivity index (χ1) is 10.5. The van der Waals surface area contributed by atoms with Crippen LogP contribution in [0.4, 0.5) is 18.9 Å². The average molecular weight is 349 g/mol. The second-order valence-electron chi connectivity index (χ2n) is 4.73. The van der Waals surface area contributed by atoms with E-state index in [4.69, 9.17) is 0 Å². The molecule has 0 aliphatic rings. The molecular weight excluding hydrogens is 339 g/mol. The first-order valence-electron chi connectivity index (χ1n) is 6.06. The number of hydrogen-bond acceptors (Lipinski definition) is 5.